The van der Waals surface area contributed by atoms with Gasteiger partial charge in [0.1, 0.15) is 22.9 Å². The van der Waals surface area contributed by atoms with E-state index in [4.69, 9.17) is 37.6 Å². The number of ether oxygens (including phenoxy) is 1. The van der Waals surface area contributed by atoms with Gasteiger partial charge in [-0.2, -0.15) is 13.2 Å². The highest BCUT2D eigenvalue weighted by molar-refractivity contribution is 6.39. The average molecular weight is 644 g/mol. The van der Waals surface area contributed by atoms with Crippen LogP contribution in [0.1, 0.15) is 71.8 Å². The van der Waals surface area contributed by atoms with E-state index >= 15 is 0 Å². The van der Waals surface area contributed by atoms with Gasteiger partial charge in [-0.25, -0.2) is 9.78 Å². The molecule has 0 amide bonds. The maximum absolute atomic E-state index is 13.7. The number of fused-ring (bicyclic) bond motifs is 1. The maximum Gasteiger partial charge on any atom is 0.417 e. The normalized spacial score (nSPS) is 23.2. The molecule has 1 aromatic carbocycles. The third-order valence-corrected chi connectivity index (χ3v) is 9.53. The Morgan fingerprint density at radius 1 is 1.11 bits per heavy atom. The van der Waals surface area contributed by atoms with Crippen LogP contribution in [0.2, 0.25) is 10.0 Å². The summed E-state index contributed by atoms with van der Waals surface area (Å²) in [6.07, 6.45) is 8.90. The summed E-state index contributed by atoms with van der Waals surface area (Å²) >= 11 is 12.8. The van der Waals surface area contributed by atoms with Crippen LogP contribution in [0.3, 0.4) is 0 Å². The summed E-state index contributed by atoms with van der Waals surface area (Å²) in [5, 5.41) is 14.1. The van der Waals surface area contributed by atoms with Crippen LogP contribution in [0.25, 0.3) is 28.2 Å². The molecule has 3 aliphatic rings. The number of hydrogen-bond donors (Lipinski definition) is 1. The Kier molecular flexibility index (Phi) is 7.12. The lowest BCUT2D eigenvalue weighted by atomic mass is 9.48. The minimum Gasteiger partial charge on any atom is -0.493 e. The van der Waals surface area contributed by atoms with Gasteiger partial charge in [0.2, 0.25) is 0 Å². The first-order valence-corrected chi connectivity index (χ1v) is 15.1. The zero-order chi connectivity index (χ0) is 30.8. The molecule has 3 aromatic heterocycles. The number of pyridine rings is 2. The fourth-order valence-electron chi connectivity index (χ4n) is 6.82. The molecule has 7 rings (SSSR count). The summed E-state index contributed by atoms with van der Waals surface area (Å²) in [4.78, 5) is 19.1. The van der Waals surface area contributed by atoms with Crippen molar-refractivity contribution < 1.29 is 32.3 Å². The number of carbonyl (C=O) groups is 1. The first-order chi connectivity index (χ1) is 21.0. The molecule has 1 spiro atoms. The summed E-state index contributed by atoms with van der Waals surface area (Å²) in [6.45, 7) is 0.401. The highest BCUT2D eigenvalue weighted by Crippen LogP contribution is 2.61. The van der Waals surface area contributed by atoms with E-state index in [-0.39, 0.29) is 16.3 Å². The van der Waals surface area contributed by atoms with Crippen molar-refractivity contribution >= 4 is 46.2 Å². The van der Waals surface area contributed by atoms with E-state index < -0.39 is 23.4 Å². The van der Waals surface area contributed by atoms with E-state index in [0.717, 1.165) is 49.8 Å². The summed E-state index contributed by atoms with van der Waals surface area (Å²) < 4.78 is 52.6. The second-order valence-corrected chi connectivity index (χ2v) is 13.0. The fourth-order valence-corrected chi connectivity index (χ4v) is 7.36. The molecule has 7 nitrogen and oxygen atoms in total. The second-order valence-electron chi connectivity index (χ2n) is 12.2. The van der Waals surface area contributed by atoms with Gasteiger partial charge in [-0.15, -0.1) is 0 Å². The number of benzene rings is 1. The minimum atomic E-state index is -4.73. The van der Waals surface area contributed by atoms with E-state index in [1.165, 1.54) is 18.2 Å². The summed E-state index contributed by atoms with van der Waals surface area (Å²) in [5.41, 5.74) is 0.687. The minimum absolute atomic E-state index is 0.0460. The van der Waals surface area contributed by atoms with Crippen molar-refractivity contribution in [3.05, 3.63) is 75.4 Å². The highest BCUT2D eigenvalue weighted by atomic mass is 35.5. The topological polar surface area (TPSA) is 98.3 Å². The van der Waals surface area contributed by atoms with Crippen LogP contribution in [0.15, 0.2) is 47.3 Å². The summed E-state index contributed by atoms with van der Waals surface area (Å²) in [5.74, 6) is 0.734. The molecule has 1 N–H and O–H groups in total. The van der Waals surface area contributed by atoms with Crippen molar-refractivity contribution in [3.63, 3.8) is 0 Å². The smallest absolute Gasteiger partial charge is 0.417 e. The first kappa shape index (κ1) is 29.1. The molecular weight excluding hydrogens is 618 g/mol. The molecule has 3 aliphatic carbocycles. The predicted octanol–water partition coefficient (Wildman–Crippen LogP) is 9.08. The van der Waals surface area contributed by atoms with E-state index in [1.54, 1.807) is 12.4 Å². The van der Waals surface area contributed by atoms with Gasteiger partial charge in [-0.3, -0.25) is 4.98 Å². The van der Waals surface area contributed by atoms with Gasteiger partial charge >= 0.3 is 12.1 Å². The Bertz CT molecular complexity index is 1780. The van der Waals surface area contributed by atoms with Gasteiger partial charge in [0, 0.05) is 34.8 Å². The van der Waals surface area contributed by atoms with Crippen molar-refractivity contribution in [3.8, 4) is 17.0 Å². The lowest BCUT2D eigenvalue weighted by Crippen LogP contribution is -2.48. The van der Waals surface area contributed by atoms with Crippen molar-refractivity contribution in [2.45, 2.75) is 50.6 Å². The number of carboxylic acid groups (broad SMARTS) is 1. The Hall–Kier alpha value is -3.63. The van der Waals surface area contributed by atoms with Crippen LogP contribution < -0.4 is 4.74 Å². The molecule has 0 atom stereocenters. The van der Waals surface area contributed by atoms with Crippen molar-refractivity contribution in [1.29, 1.82) is 0 Å². The molecule has 3 fully saturated rings. The molecule has 44 heavy (non-hydrogen) atoms. The average Bonchev–Trinajstić information content (AvgIpc) is 3.69. The van der Waals surface area contributed by atoms with E-state index in [2.05, 4.69) is 27.3 Å². The molecule has 3 heterocycles. The number of allylic oxidation sites excluding steroid dienone is 1. The van der Waals surface area contributed by atoms with Gasteiger partial charge in [-0.05, 0) is 80.0 Å². The Morgan fingerprint density at radius 3 is 2.50 bits per heavy atom. The van der Waals surface area contributed by atoms with Gasteiger partial charge in [0.15, 0.2) is 0 Å². The van der Waals surface area contributed by atoms with Crippen LogP contribution in [-0.2, 0) is 6.18 Å². The Morgan fingerprint density at radius 2 is 1.84 bits per heavy atom. The van der Waals surface area contributed by atoms with Crippen molar-refractivity contribution in [2.75, 3.05) is 6.61 Å². The number of aromatic carboxylic acids is 1. The molecule has 228 valence electrons. The first-order valence-electron chi connectivity index (χ1n) is 14.3. The quantitative estimate of drug-likeness (QED) is 0.204. The third kappa shape index (κ3) is 5.43. The SMILES string of the molecule is O=C(O)c1cc(C(F)(F)F)c2cc(OCC3CC4(CC(C=Cc5c(-c6c(Cl)cncc6Cl)noc5C5CC5)C4)C3)ccc2n1. The van der Waals surface area contributed by atoms with Crippen LogP contribution >= 0.6 is 23.2 Å². The van der Waals surface area contributed by atoms with Gasteiger partial charge in [0.25, 0.3) is 0 Å². The third-order valence-electron chi connectivity index (χ3n) is 8.95. The number of nitrogens with zero attached hydrogens (tertiary/aromatic N) is 3. The molecule has 12 heteroatoms. The van der Waals surface area contributed by atoms with Crippen molar-refractivity contribution in [2.24, 2.45) is 17.3 Å². The number of halogens is 5. The molecule has 3 saturated carbocycles. The second kappa shape index (κ2) is 10.8. The van der Waals surface area contributed by atoms with Gasteiger partial charge < -0.3 is 14.4 Å². The predicted molar refractivity (Wildman–Crippen MR) is 158 cm³/mol. The van der Waals surface area contributed by atoms with Gasteiger partial charge in [0.05, 0.1) is 27.7 Å². The molecule has 0 aliphatic heterocycles. The maximum atomic E-state index is 13.7. The van der Waals surface area contributed by atoms with Crippen molar-refractivity contribution in [1.82, 2.24) is 15.1 Å². The fraction of sp³-hybridized carbons (Fsp3) is 0.375. The molecular formula is C32H26Cl2F3N3O4. The Labute approximate surface area is 260 Å². The number of rotatable bonds is 8. The molecule has 0 radical (unpaired) electrons. The Balaban J connectivity index is 0.978. The number of carboxylic acids is 1. The van der Waals surface area contributed by atoms with Crippen LogP contribution in [0.4, 0.5) is 13.2 Å². The monoisotopic (exact) mass is 643 g/mol. The standard InChI is InChI=1S/C32H26Cl2F3N3O4/c33-23-13-38-14-24(34)27(23)28-20(29(44-40-28)18-2-3-18)5-1-16-9-31(10-16)11-17(12-31)15-43-19-4-6-25-21(7-19)22(32(35,36)37)8-26(39-25)30(41)42/h1,4-8,13-14,16-18H,2-3,9-12,15H2,(H,41,42). The molecule has 4 aromatic rings. The van der Waals surface area contributed by atoms with Crippen LogP contribution in [0, 0.1) is 17.3 Å². The molecule has 0 unspecified atom stereocenters. The number of aromatic nitrogens is 3. The largest absolute Gasteiger partial charge is 0.493 e. The van der Waals surface area contributed by atoms with E-state index in [0.29, 0.717) is 57.5 Å². The number of alkyl halides is 3. The highest BCUT2D eigenvalue weighted by Gasteiger charge is 2.52. The lowest BCUT2D eigenvalue weighted by molar-refractivity contribution is -0.136. The lowest BCUT2D eigenvalue weighted by Gasteiger charge is -2.57. The molecule has 0 saturated heterocycles. The summed E-state index contributed by atoms with van der Waals surface area (Å²) in [6, 6.07) is 4.74. The molecule has 0 bridgehead atoms. The van der Waals surface area contributed by atoms with Crippen LogP contribution in [-0.4, -0.2) is 32.8 Å². The van der Waals surface area contributed by atoms with E-state index in [9.17, 15) is 18.0 Å². The zero-order valence-corrected chi connectivity index (χ0v) is 24.7. The number of hydrogen-bond acceptors (Lipinski definition) is 6. The van der Waals surface area contributed by atoms with Gasteiger partial charge in [-0.1, -0.05) is 40.5 Å². The zero-order valence-electron chi connectivity index (χ0n) is 23.2. The summed E-state index contributed by atoms with van der Waals surface area (Å²) in [7, 11) is 0. The van der Waals surface area contributed by atoms with Crippen LogP contribution in [0.5, 0.6) is 5.75 Å². The van der Waals surface area contributed by atoms with E-state index in [1.807, 2.05) is 0 Å².